The molecule has 1 N–H and O–H groups in total. The van der Waals surface area contributed by atoms with Crippen molar-refractivity contribution in [2.75, 3.05) is 44.6 Å². The van der Waals surface area contributed by atoms with Gasteiger partial charge in [-0.3, -0.25) is 4.79 Å². The molecule has 0 saturated carbocycles. The molecule has 0 aliphatic carbocycles. The molecule has 1 saturated heterocycles. The lowest BCUT2D eigenvalue weighted by Crippen LogP contribution is -2.18. The van der Waals surface area contributed by atoms with Crippen molar-refractivity contribution in [2.24, 2.45) is 0 Å². The van der Waals surface area contributed by atoms with E-state index in [0.29, 0.717) is 30.1 Å². The SMILES string of the molecule is COc1cc(CCC(=O)Nc2ccc(N3CCCC3)cc2C)cc(OC)c1OC. The van der Waals surface area contributed by atoms with Crippen LogP contribution in [0.25, 0.3) is 0 Å². The minimum absolute atomic E-state index is 0.0178. The molecule has 0 atom stereocenters. The standard InChI is InChI=1S/C23H30N2O4/c1-16-13-18(25-11-5-6-12-25)8-9-19(16)24-22(26)10-7-17-14-20(27-2)23(29-4)21(15-17)28-3/h8-9,13-15H,5-7,10-12H2,1-4H3,(H,24,26). The van der Waals surface area contributed by atoms with Crippen LogP contribution in [0.3, 0.4) is 0 Å². The summed E-state index contributed by atoms with van der Waals surface area (Å²) < 4.78 is 16.1. The van der Waals surface area contributed by atoms with Gasteiger partial charge in [-0.1, -0.05) is 0 Å². The van der Waals surface area contributed by atoms with E-state index in [4.69, 9.17) is 14.2 Å². The van der Waals surface area contributed by atoms with Crippen molar-refractivity contribution < 1.29 is 19.0 Å². The summed E-state index contributed by atoms with van der Waals surface area (Å²) in [6.45, 7) is 4.26. The molecule has 1 amide bonds. The fourth-order valence-corrected chi connectivity index (χ4v) is 3.71. The number of ether oxygens (including phenoxy) is 3. The van der Waals surface area contributed by atoms with Crippen molar-refractivity contribution in [2.45, 2.75) is 32.6 Å². The lowest BCUT2D eigenvalue weighted by Gasteiger charge is -2.19. The number of amides is 1. The van der Waals surface area contributed by atoms with E-state index in [0.717, 1.165) is 29.9 Å². The Bertz CT molecular complexity index is 835. The van der Waals surface area contributed by atoms with Crippen LogP contribution in [0.5, 0.6) is 17.2 Å². The van der Waals surface area contributed by atoms with E-state index < -0.39 is 0 Å². The van der Waals surface area contributed by atoms with Gasteiger partial charge in [0, 0.05) is 30.9 Å². The van der Waals surface area contributed by atoms with Crippen LogP contribution in [0.2, 0.25) is 0 Å². The van der Waals surface area contributed by atoms with Crippen molar-refractivity contribution in [3.05, 3.63) is 41.5 Å². The van der Waals surface area contributed by atoms with Gasteiger partial charge in [-0.15, -0.1) is 0 Å². The van der Waals surface area contributed by atoms with Crippen LogP contribution in [0.1, 0.15) is 30.4 Å². The maximum Gasteiger partial charge on any atom is 0.224 e. The van der Waals surface area contributed by atoms with Gasteiger partial charge in [-0.05, 0) is 67.6 Å². The molecule has 2 aromatic carbocycles. The average molecular weight is 399 g/mol. The van der Waals surface area contributed by atoms with E-state index in [1.165, 1.54) is 18.5 Å². The molecular weight excluding hydrogens is 368 g/mol. The van der Waals surface area contributed by atoms with E-state index >= 15 is 0 Å². The highest BCUT2D eigenvalue weighted by Gasteiger charge is 2.15. The zero-order valence-corrected chi connectivity index (χ0v) is 17.7. The molecule has 1 aliphatic rings. The monoisotopic (exact) mass is 398 g/mol. The highest BCUT2D eigenvalue weighted by Crippen LogP contribution is 2.38. The summed E-state index contributed by atoms with van der Waals surface area (Å²) in [5.74, 6) is 1.72. The lowest BCUT2D eigenvalue weighted by molar-refractivity contribution is -0.116. The van der Waals surface area contributed by atoms with Crippen LogP contribution < -0.4 is 24.4 Å². The number of hydrogen-bond donors (Lipinski definition) is 1. The van der Waals surface area contributed by atoms with Crippen molar-refractivity contribution in [3.8, 4) is 17.2 Å². The Morgan fingerprint density at radius 2 is 1.66 bits per heavy atom. The minimum atomic E-state index is -0.0178. The van der Waals surface area contributed by atoms with E-state index in [-0.39, 0.29) is 5.91 Å². The zero-order chi connectivity index (χ0) is 20.8. The van der Waals surface area contributed by atoms with Crippen molar-refractivity contribution in [3.63, 3.8) is 0 Å². The van der Waals surface area contributed by atoms with Crippen molar-refractivity contribution in [1.29, 1.82) is 0 Å². The van der Waals surface area contributed by atoms with Crippen molar-refractivity contribution >= 4 is 17.3 Å². The Hall–Kier alpha value is -2.89. The van der Waals surface area contributed by atoms with Gasteiger partial charge < -0.3 is 24.4 Å². The number of carbonyl (C=O) groups is 1. The molecule has 0 spiro atoms. The predicted octanol–water partition coefficient (Wildman–Crippen LogP) is 4.19. The normalized spacial score (nSPS) is 13.3. The number of anilines is 2. The molecular formula is C23H30N2O4. The first-order valence-electron chi connectivity index (χ1n) is 10.00. The fourth-order valence-electron chi connectivity index (χ4n) is 3.71. The van der Waals surface area contributed by atoms with Gasteiger partial charge in [0.25, 0.3) is 0 Å². The molecule has 1 aliphatic heterocycles. The number of aryl methyl sites for hydroxylation is 2. The highest BCUT2D eigenvalue weighted by molar-refractivity contribution is 5.92. The molecule has 0 unspecified atom stereocenters. The summed E-state index contributed by atoms with van der Waals surface area (Å²) in [6.07, 6.45) is 3.44. The topological polar surface area (TPSA) is 60.0 Å². The minimum Gasteiger partial charge on any atom is -0.493 e. The molecule has 0 bridgehead atoms. The van der Waals surface area contributed by atoms with Crippen LogP contribution in [0, 0.1) is 6.92 Å². The molecule has 1 fully saturated rings. The molecule has 2 aromatic rings. The smallest absolute Gasteiger partial charge is 0.224 e. The van der Waals surface area contributed by atoms with Gasteiger partial charge in [0.15, 0.2) is 11.5 Å². The summed E-state index contributed by atoms with van der Waals surface area (Å²) in [5.41, 5.74) is 4.13. The summed E-state index contributed by atoms with van der Waals surface area (Å²) >= 11 is 0. The maximum absolute atomic E-state index is 12.5. The first-order valence-corrected chi connectivity index (χ1v) is 10.00. The second kappa shape index (κ2) is 9.54. The third-order valence-electron chi connectivity index (χ3n) is 5.32. The Kier molecular flexibility index (Phi) is 6.86. The van der Waals surface area contributed by atoms with Crippen LogP contribution in [0.15, 0.2) is 30.3 Å². The van der Waals surface area contributed by atoms with Crippen molar-refractivity contribution in [1.82, 2.24) is 0 Å². The number of rotatable bonds is 8. The van der Waals surface area contributed by atoms with E-state index in [1.807, 2.05) is 25.1 Å². The summed E-state index contributed by atoms with van der Waals surface area (Å²) in [7, 11) is 4.75. The average Bonchev–Trinajstić information content (AvgIpc) is 3.27. The van der Waals surface area contributed by atoms with Gasteiger partial charge in [0.05, 0.1) is 21.3 Å². The number of hydrogen-bond acceptors (Lipinski definition) is 5. The number of benzene rings is 2. The number of methoxy groups -OCH3 is 3. The summed E-state index contributed by atoms with van der Waals surface area (Å²) in [5, 5.41) is 3.03. The number of nitrogens with zero attached hydrogens (tertiary/aromatic N) is 1. The molecule has 156 valence electrons. The third kappa shape index (κ3) is 4.94. The third-order valence-corrected chi connectivity index (χ3v) is 5.32. The molecule has 1 heterocycles. The number of nitrogens with one attached hydrogen (secondary N) is 1. The molecule has 6 nitrogen and oxygen atoms in total. The Morgan fingerprint density at radius 1 is 1.00 bits per heavy atom. The van der Waals surface area contributed by atoms with Gasteiger partial charge in [-0.2, -0.15) is 0 Å². The molecule has 3 rings (SSSR count). The molecule has 0 aromatic heterocycles. The first kappa shape index (κ1) is 20.8. The van der Waals surface area contributed by atoms with Gasteiger partial charge in [0.1, 0.15) is 0 Å². The molecule has 29 heavy (non-hydrogen) atoms. The highest BCUT2D eigenvalue weighted by atomic mass is 16.5. The quantitative estimate of drug-likeness (QED) is 0.722. The Balaban J connectivity index is 1.63. The second-order valence-corrected chi connectivity index (χ2v) is 7.28. The van der Waals surface area contributed by atoms with E-state index in [2.05, 4.69) is 22.3 Å². The van der Waals surface area contributed by atoms with Crippen LogP contribution >= 0.6 is 0 Å². The van der Waals surface area contributed by atoms with Gasteiger partial charge in [-0.25, -0.2) is 0 Å². The zero-order valence-electron chi connectivity index (χ0n) is 17.7. The predicted molar refractivity (Wildman–Crippen MR) is 116 cm³/mol. The fraction of sp³-hybridized carbons (Fsp3) is 0.435. The summed E-state index contributed by atoms with van der Waals surface area (Å²) in [4.78, 5) is 14.9. The molecule has 6 heteroatoms. The maximum atomic E-state index is 12.5. The van der Waals surface area contributed by atoms with Crippen LogP contribution in [0.4, 0.5) is 11.4 Å². The van der Waals surface area contributed by atoms with Crippen LogP contribution in [-0.2, 0) is 11.2 Å². The molecule has 0 radical (unpaired) electrons. The van der Waals surface area contributed by atoms with E-state index in [1.54, 1.807) is 21.3 Å². The Labute approximate surface area is 172 Å². The first-order chi connectivity index (χ1) is 14.0. The van der Waals surface area contributed by atoms with Gasteiger partial charge >= 0.3 is 0 Å². The lowest BCUT2D eigenvalue weighted by atomic mass is 10.1. The number of carbonyl (C=O) groups excluding carboxylic acids is 1. The van der Waals surface area contributed by atoms with E-state index in [9.17, 15) is 4.79 Å². The second-order valence-electron chi connectivity index (χ2n) is 7.28. The Morgan fingerprint density at radius 3 is 2.21 bits per heavy atom. The largest absolute Gasteiger partial charge is 0.493 e. The van der Waals surface area contributed by atoms with Gasteiger partial charge in [0.2, 0.25) is 11.7 Å². The van der Waals surface area contributed by atoms with Crippen LogP contribution in [-0.4, -0.2) is 40.3 Å². The summed E-state index contributed by atoms with van der Waals surface area (Å²) in [6, 6.07) is 10.0.